The van der Waals surface area contributed by atoms with Crippen LogP contribution in [-0.4, -0.2) is 28.2 Å². The van der Waals surface area contributed by atoms with Crippen molar-refractivity contribution >= 4 is 11.6 Å². The number of aromatic nitrogens is 2. The van der Waals surface area contributed by atoms with E-state index in [-0.39, 0.29) is 23.7 Å². The Morgan fingerprint density at radius 3 is 2.45 bits per heavy atom. The normalized spacial score (nSPS) is 16.9. The molecule has 2 rings (SSSR count). The second-order valence-electron chi connectivity index (χ2n) is 4.93. The van der Waals surface area contributed by atoms with E-state index in [1.165, 1.54) is 6.07 Å². The Kier molecular flexibility index (Phi) is 4.00. The van der Waals surface area contributed by atoms with E-state index in [4.69, 9.17) is 10.9 Å². The number of rotatable bonds is 6. The summed E-state index contributed by atoms with van der Waals surface area (Å²) in [6.07, 6.45) is -2.12. The van der Waals surface area contributed by atoms with E-state index in [1.807, 2.05) is 0 Å². The number of hydrogen-bond donors (Lipinski definition) is 4. The number of anilines is 2. The molecule has 0 radical (unpaired) electrons. The topological polar surface area (TPSA) is 96.1 Å². The Hall–Kier alpha value is -1.61. The van der Waals surface area contributed by atoms with Crippen LogP contribution in [0.4, 0.5) is 24.8 Å². The number of nitrogens with zero attached hydrogens (tertiary/aromatic N) is 2. The molecule has 6 nitrogen and oxygen atoms in total. The number of aliphatic hydroxyl groups excluding tert-OH is 1. The van der Waals surface area contributed by atoms with E-state index in [9.17, 15) is 13.2 Å². The van der Waals surface area contributed by atoms with Gasteiger partial charge in [-0.3, -0.25) is 0 Å². The van der Waals surface area contributed by atoms with Crippen LogP contribution in [0, 0.1) is 5.41 Å². The molecule has 112 valence electrons. The molecule has 1 heterocycles. The van der Waals surface area contributed by atoms with E-state index < -0.39 is 12.0 Å². The molecule has 0 saturated heterocycles. The summed E-state index contributed by atoms with van der Waals surface area (Å²) in [5.74, 6) is 3.81. The lowest BCUT2D eigenvalue weighted by Crippen LogP contribution is -2.20. The Balaban J connectivity index is 2.11. The molecule has 5 N–H and O–H groups in total. The van der Waals surface area contributed by atoms with Gasteiger partial charge in [0.1, 0.15) is 11.6 Å². The molecule has 1 aromatic rings. The van der Waals surface area contributed by atoms with Gasteiger partial charge in [-0.25, -0.2) is 15.8 Å². The summed E-state index contributed by atoms with van der Waals surface area (Å²) in [7, 11) is 0. The summed E-state index contributed by atoms with van der Waals surface area (Å²) in [5.41, 5.74) is 2.05. The lowest BCUT2D eigenvalue weighted by atomic mass is 10.0. The van der Waals surface area contributed by atoms with Crippen molar-refractivity contribution in [3.8, 4) is 0 Å². The third-order valence-corrected chi connectivity index (χ3v) is 3.37. The molecule has 0 bridgehead atoms. The lowest BCUT2D eigenvalue weighted by molar-refractivity contribution is -0.144. The molecule has 9 heteroatoms. The van der Waals surface area contributed by atoms with E-state index in [2.05, 4.69) is 20.7 Å². The summed E-state index contributed by atoms with van der Waals surface area (Å²) in [5, 5.41) is 11.8. The first-order valence-electron chi connectivity index (χ1n) is 6.16. The minimum absolute atomic E-state index is 0.0333. The molecule has 1 aromatic heterocycles. The summed E-state index contributed by atoms with van der Waals surface area (Å²) >= 11 is 0. The number of aliphatic hydroxyl groups is 1. The van der Waals surface area contributed by atoms with Crippen LogP contribution in [-0.2, 0) is 6.18 Å². The number of hydrazine groups is 1. The van der Waals surface area contributed by atoms with E-state index in [1.54, 1.807) is 0 Å². The molecule has 0 atom stereocenters. The van der Waals surface area contributed by atoms with Crippen LogP contribution in [0.3, 0.4) is 0 Å². The number of halogens is 3. The zero-order valence-corrected chi connectivity index (χ0v) is 10.7. The first-order valence-corrected chi connectivity index (χ1v) is 6.16. The number of alkyl halides is 3. The van der Waals surface area contributed by atoms with Crippen LogP contribution in [0.15, 0.2) is 6.07 Å². The van der Waals surface area contributed by atoms with Crippen molar-refractivity contribution in [1.29, 1.82) is 0 Å². The van der Waals surface area contributed by atoms with Gasteiger partial charge in [0.15, 0.2) is 0 Å². The standard InChI is InChI=1S/C11H16F3N5O/c12-11(13,14)9-17-7(5-8(18-9)19-15)16-6-10(1-2-10)3-4-20/h5,20H,1-4,6,15H2,(H2,16,17,18,19). The minimum Gasteiger partial charge on any atom is -0.396 e. The monoisotopic (exact) mass is 291 g/mol. The van der Waals surface area contributed by atoms with Gasteiger partial charge in [-0.05, 0) is 24.7 Å². The van der Waals surface area contributed by atoms with Gasteiger partial charge in [-0.1, -0.05) is 0 Å². The first-order chi connectivity index (χ1) is 9.38. The number of nitrogens with one attached hydrogen (secondary N) is 2. The molecular formula is C11H16F3N5O. The second-order valence-corrected chi connectivity index (χ2v) is 4.93. The quantitative estimate of drug-likeness (QED) is 0.467. The van der Waals surface area contributed by atoms with Gasteiger partial charge in [-0.2, -0.15) is 13.2 Å². The molecule has 1 fully saturated rings. The minimum atomic E-state index is -4.63. The fourth-order valence-corrected chi connectivity index (χ4v) is 1.95. The van der Waals surface area contributed by atoms with Crippen LogP contribution in [0.1, 0.15) is 25.1 Å². The predicted octanol–water partition coefficient (Wildman–Crippen LogP) is 1.36. The molecule has 0 unspecified atom stereocenters. The van der Waals surface area contributed by atoms with Gasteiger partial charge < -0.3 is 15.8 Å². The highest BCUT2D eigenvalue weighted by molar-refractivity contribution is 5.47. The zero-order chi connectivity index (χ0) is 14.8. The Labute approximate surface area is 113 Å². The van der Waals surface area contributed by atoms with Gasteiger partial charge >= 0.3 is 6.18 Å². The Morgan fingerprint density at radius 2 is 1.95 bits per heavy atom. The third kappa shape index (κ3) is 3.48. The molecule has 0 aromatic carbocycles. The molecule has 0 amide bonds. The van der Waals surface area contributed by atoms with Crippen LogP contribution in [0.5, 0.6) is 0 Å². The number of hydrogen-bond acceptors (Lipinski definition) is 6. The first kappa shape index (κ1) is 14.8. The van der Waals surface area contributed by atoms with E-state index in [0.29, 0.717) is 13.0 Å². The Bertz CT molecular complexity index is 476. The van der Waals surface area contributed by atoms with Crippen molar-refractivity contribution in [2.24, 2.45) is 11.3 Å². The molecule has 0 aliphatic heterocycles. The largest absolute Gasteiger partial charge is 0.451 e. The van der Waals surface area contributed by atoms with Gasteiger partial charge in [0.25, 0.3) is 0 Å². The summed E-state index contributed by atoms with van der Waals surface area (Å²) in [6.45, 7) is 0.529. The van der Waals surface area contributed by atoms with Crippen LogP contribution in [0.25, 0.3) is 0 Å². The van der Waals surface area contributed by atoms with Crippen molar-refractivity contribution in [3.63, 3.8) is 0 Å². The van der Waals surface area contributed by atoms with Crippen LogP contribution in [0.2, 0.25) is 0 Å². The highest BCUT2D eigenvalue weighted by atomic mass is 19.4. The number of nitrogen functional groups attached to an aromatic ring is 1. The molecule has 1 saturated carbocycles. The maximum Gasteiger partial charge on any atom is 0.451 e. The molecule has 0 spiro atoms. The van der Waals surface area contributed by atoms with Crippen molar-refractivity contribution in [2.75, 3.05) is 23.9 Å². The third-order valence-electron chi connectivity index (χ3n) is 3.37. The highest BCUT2D eigenvalue weighted by Gasteiger charge is 2.42. The summed E-state index contributed by atoms with van der Waals surface area (Å²) in [6, 6.07) is 1.31. The molecule has 1 aliphatic rings. The van der Waals surface area contributed by atoms with Gasteiger partial charge in [-0.15, -0.1) is 0 Å². The van der Waals surface area contributed by atoms with Crippen molar-refractivity contribution in [1.82, 2.24) is 9.97 Å². The average molecular weight is 291 g/mol. The fourth-order valence-electron chi connectivity index (χ4n) is 1.95. The zero-order valence-electron chi connectivity index (χ0n) is 10.7. The van der Waals surface area contributed by atoms with Crippen LogP contribution >= 0.6 is 0 Å². The Morgan fingerprint density at radius 1 is 1.30 bits per heavy atom. The van der Waals surface area contributed by atoms with Gasteiger partial charge in [0, 0.05) is 19.2 Å². The summed E-state index contributed by atoms with van der Waals surface area (Å²) < 4.78 is 37.9. The predicted molar refractivity (Wildman–Crippen MR) is 66.7 cm³/mol. The highest BCUT2D eigenvalue weighted by Crippen LogP contribution is 2.48. The SMILES string of the molecule is NNc1cc(NCC2(CCO)CC2)nc(C(F)(F)F)n1. The molecular weight excluding hydrogens is 275 g/mol. The molecule has 20 heavy (non-hydrogen) atoms. The van der Waals surface area contributed by atoms with Crippen molar-refractivity contribution in [2.45, 2.75) is 25.4 Å². The average Bonchev–Trinajstić information content (AvgIpc) is 3.16. The van der Waals surface area contributed by atoms with Crippen LogP contribution < -0.4 is 16.6 Å². The summed E-state index contributed by atoms with van der Waals surface area (Å²) in [4.78, 5) is 6.71. The number of nitrogens with two attached hydrogens (primary N) is 1. The van der Waals surface area contributed by atoms with E-state index >= 15 is 0 Å². The van der Waals surface area contributed by atoms with Gasteiger partial charge in [0.05, 0.1) is 0 Å². The lowest BCUT2D eigenvalue weighted by Gasteiger charge is -2.16. The van der Waals surface area contributed by atoms with E-state index in [0.717, 1.165) is 12.8 Å². The maximum atomic E-state index is 12.6. The van der Waals surface area contributed by atoms with Gasteiger partial charge in [0.2, 0.25) is 5.82 Å². The fraction of sp³-hybridized carbons (Fsp3) is 0.636. The smallest absolute Gasteiger partial charge is 0.396 e. The maximum absolute atomic E-state index is 12.6. The molecule has 1 aliphatic carbocycles. The van der Waals surface area contributed by atoms with Crippen molar-refractivity contribution in [3.05, 3.63) is 11.9 Å². The van der Waals surface area contributed by atoms with Crippen molar-refractivity contribution < 1.29 is 18.3 Å². The second kappa shape index (κ2) is 5.41.